The summed E-state index contributed by atoms with van der Waals surface area (Å²) >= 11 is 0. The van der Waals surface area contributed by atoms with Gasteiger partial charge < -0.3 is 5.73 Å². The van der Waals surface area contributed by atoms with Crippen LogP contribution in [0.15, 0.2) is 18.2 Å². The van der Waals surface area contributed by atoms with Crippen LogP contribution < -0.4 is 5.73 Å². The van der Waals surface area contributed by atoms with Gasteiger partial charge in [0.15, 0.2) is 0 Å². The van der Waals surface area contributed by atoms with Crippen molar-refractivity contribution in [3.05, 3.63) is 35.4 Å². The number of hydrogen-bond donors (Lipinski definition) is 1. The van der Waals surface area contributed by atoms with Crippen LogP contribution in [0, 0.1) is 11.6 Å². The van der Waals surface area contributed by atoms with Gasteiger partial charge in [0, 0.05) is 24.2 Å². The molecule has 1 aromatic rings. The molecular formula is C14H20F2N2. The number of halogens is 2. The fraction of sp³-hybridized carbons (Fsp3) is 0.571. The zero-order chi connectivity index (χ0) is 13.1. The highest BCUT2D eigenvalue weighted by molar-refractivity contribution is 5.22. The molecule has 1 aromatic carbocycles. The van der Waals surface area contributed by atoms with E-state index >= 15 is 0 Å². The van der Waals surface area contributed by atoms with Crippen LogP contribution in [0.5, 0.6) is 0 Å². The van der Waals surface area contributed by atoms with Gasteiger partial charge >= 0.3 is 0 Å². The van der Waals surface area contributed by atoms with Crippen molar-refractivity contribution >= 4 is 0 Å². The van der Waals surface area contributed by atoms with E-state index in [1.807, 2.05) is 6.92 Å². The normalized spacial score (nSPS) is 23.0. The Morgan fingerprint density at radius 3 is 2.89 bits per heavy atom. The molecule has 0 spiro atoms. The smallest absolute Gasteiger partial charge is 0.128 e. The predicted octanol–water partition coefficient (Wildman–Crippen LogP) is 2.84. The van der Waals surface area contributed by atoms with Crippen molar-refractivity contribution < 1.29 is 8.78 Å². The van der Waals surface area contributed by atoms with E-state index in [0.29, 0.717) is 12.1 Å². The predicted molar refractivity (Wildman–Crippen MR) is 68.2 cm³/mol. The van der Waals surface area contributed by atoms with Gasteiger partial charge in [0.25, 0.3) is 0 Å². The summed E-state index contributed by atoms with van der Waals surface area (Å²) in [7, 11) is 0. The molecule has 2 unspecified atom stereocenters. The highest BCUT2D eigenvalue weighted by atomic mass is 19.1. The SMILES string of the molecule is CC(c1cc(F)ccc1F)N1CCCCC1CN. The molecule has 100 valence electrons. The lowest BCUT2D eigenvalue weighted by Crippen LogP contribution is -2.45. The van der Waals surface area contributed by atoms with Crippen molar-refractivity contribution in [1.82, 2.24) is 4.90 Å². The summed E-state index contributed by atoms with van der Waals surface area (Å²) in [6, 6.07) is 3.79. The number of benzene rings is 1. The topological polar surface area (TPSA) is 29.3 Å². The highest BCUT2D eigenvalue weighted by Crippen LogP contribution is 2.29. The maximum absolute atomic E-state index is 13.8. The van der Waals surface area contributed by atoms with E-state index in [1.165, 1.54) is 12.1 Å². The van der Waals surface area contributed by atoms with Crippen LogP contribution in [0.4, 0.5) is 8.78 Å². The van der Waals surface area contributed by atoms with E-state index in [-0.39, 0.29) is 23.7 Å². The second-order valence-corrected chi connectivity index (χ2v) is 4.96. The Kier molecular flexibility index (Phi) is 4.30. The third-order valence-electron chi connectivity index (χ3n) is 3.85. The maximum Gasteiger partial charge on any atom is 0.128 e. The van der Waals surface area contributed by atoms with Crippen LogP contribution in [0.2, 0.25) is 0 Å². The number of rotatable bonds is 3. The van der Waals surface area contributed by atoms with Gasteiger partial charge in [-0.3, -0.25) is 4.90 Å². The van der Waals surface area contributed by atoms with E-state index in [0.717, 1.165) is 31.9 Å². The molecule has 0 saturated carbocycles. The molecule has 0 amide bonds. The Bertz CT molecular complexity index is 409. The molecule has 1 aliphatic heterocycles. The molecule has 0 bridgehead atoms. The second-order valence-electron chi connectivity index (χ2n) is 4.96. The van der Waals surface area contributed by atoms with E-state index in [4.69, 9.17) is 5.73 Å². The number of piperidine rings is 1. The summed E-state index contributed by atoms with van der Waals surface area (Å²) in [6.45, 7) is 3.39. The van der Waals surface area contributed by atoms with Crippen LogP contribution in [0.1, 0.15) is 37.8 Å². The van der Waals surface area contributed by atoms with Crippen molar-refractivity contribution in [3.63, 3.8) is 0 Å². The second kappa shape index (κ2) is 5.76. The Hall–Kier alpha value is -1.00. The molecule has 1 fully saturated rings. The molecule has 2 nitrogen and oxygen atoms in total. The Labute approximate surface area is 107 Å². The summed E-state index contributed by atoms with van der Waals surface area (Å²) in [4.78, 5) is 2.20. The molecule has 0 radical (unpaired) electrons. The fourth-order valence-corrected chi connectivity index (χ4v) is 2.80. The first-order chi connectivity index (χ1) is 8.63. The number of nitrogens with zero attached hydrogens (tertiary/aromatic N) is 1. The third kappa shape index (κ3) is 2.70. The number of likely N-dealkylation sites (tertiary alicyclic amines) is 1. The van der Waals surface area contributed by atoms with Gasteiger partial charge in [-0.15, -0.1) is 0 Å². The lowest BCUT2D eigenvalue weighted by atomic mass is 9.97. The lowest BCUT2D eigenvalue weighted by molar-refractivity contribution is 0.106. The summed E-state index contributed by atoms with van der Waals surface area (Å²) in [5.74, 6) is -0.732. The van der Waals surface area contributed by atoms with E-state index in [1.54, 1.807) is 0 Å². The van der Waals surface area contributed by atoms with Crippen molar-refractivity contribution in [2.24, 2.45) is 5.73 Å². The van der Waals surface area contributed by atoms with Gasteiger partial charge in [0.1, 0.15) is 11.6 Å². The fourth-order valence-electron chi connectivity index (χ4n) is 2.80. The van der Waals surface area contributed by atoms with E-state index < -0.39 is 0 Å². The Balaban J connectivity index is 2.23. The molecule has 0 aliphatic carbocycles. The minimum Gasteiger partial charge on any atom is -0.329 e. The molecular weight excluding hydrogens is 234 g/mol. The molecule has 0 aromatic heterocycles. The minimum absolute atomic E-state index is 0.130. The van der Waals surface area contributed by atoms with Crippen LogP contribution >= 0.6 is 0 Å². The lowest BCUT2D eigenvalue weighted by Gasteiger charge is -2.39. The van der Waals surface area contributed by atoms with Crippen molar-refractivity contribution in [3.8, 4) is 0 Å². The Morgan fingerprint density at radius 1 is 1.39 bits per heavy atom. The van der Waals surface area contributed by atoms with Crippen molar-refractivity contribution in [2.45, 2.75) is 38.3 Å². The molecule has 2 atom stereocenters. The van der Waals surface area contributed by atoms with E-state index in [2.05, 4.69) is 4.90 Å². The molecule has 1 saturated heterocycles. The summed E-state index contributed by atoms with van der Waals surface area (Å²) < 4.78 is 27.0. The first kappa shape index (κ1) is 13.4. The molecule has 1 aliphatic rings. The van der Waals surface area contributed by atoms with Crippen molar-refractivity contribution in [2.75, 3.05) is 13.1 Å². The minimum atomic E-state index is -0.389. The standard InChI is InChI=1S/C14H20F2N2/c1-10(13-8-11(15)5-6-14(13)16)18-7-3-2-4-12(18)9-17/h5-6,8,10,12H,2-4,7,9,17H2,1H3. The Morgan fingerprint density at radius 2 is 2.17 bits per heavy atom. The third-order valence-corrected chi connectivity index (χ3v) is 3.85. The zero-order valence-electron chi connectivity index (χ0n) is 10.7. The highest BCUT2D eigenvalue weighted by Gasteiger charge is 2.27. The van der Waals surface area contributed by atoms with E-state index in [9.17, 15) is 8.78 Å². The summed E-state index contributed by atoms with van der Waals surface area (Å²) in [5.41, 5.74) is 6.19. The monoisotopic (exact) mass is 254 g/mol. The number of nitrogens with two attached hydrogens (primary N) is 1. The first-order valence-corrected chi connectivity index (χ1v) is 6.54. The van der Waals surface area contributed by atoms with Crippen LogP contribution in [-0.4, -0.2) is 24.0 Å². The molecule has 2 rings (SSSR count). The molecule has 4 heteroatoms. The first-order valence-electron chi connectivity index (χ1n) is 6.54. The van der Waals surface area contributed by atoms with Crippen LogP contribution in [-0.2, 0) is 0 Å². The summed E-state index contributed by atoms with van der Waals surface area (Å²) in [5, 5.41) is 0. The van der Waals surface area contributed by atoms with Gasteiger partial charge in [-0.2, -0.15) is 0 Å². The van der Waals surface area contributed by atoms with Gasteiger partial charge in [-0.05, 0) is 44.5 Å². The van der Waals surface area contributed by atoms with Crippen molar-refractivity contribution in [1.29, 1.82) is 0 Å². The zero-order valence-corrected chi connectivity index (χ0v) is 10.7. The van der Waals surface area contributed by atoms with Gasteiger partial charge in [-0.1, -0.05) is 6.42 Å². The van der Waals surface area contributed by atoms with Crippen LogP contribution in [0.3, 0.4) is 0 Å². The van der Waals surface area contributed by atoms with Crippen LogP contribution in [0.25, 0.3) is 0 Å². The van der Waals surface area contributed by atoms with Gasteiger partial charge in [-0.25, -0.2) is 8.78 Å². The van der Waals surface area contributed by atoms with Gasteiger partial charge in [0.2, 0.25) is 0 Å². The average molecular weight is 254 g/mol. The molecule has 2 N–H and O–H groups in total. The maximum atomic E-state index is 13.8. The number of hydrogen-bond acceptors (Lipinski definition) is 2. The quantitative estimate of drug-likeness (QED) is 0.898. The summed E-state index contributed by atoms with van der Waals surface area (Å²) in [6.07, 6.45) is 3.30. The molecule has 18 heavy (non-hydrogen) atoms. The largest absolute Gasteiger partial charge is 0.329 e. The van der Waals surface area contributed by atoms with Gasteiger partial charge in [0.05, 0.1) is 0 Å². The average Bonchev–Trinajstić information content (AvgIpc) is 2.40. The molecule has 1 heterocycles.